The lowest BCUT2D eigenvalue weighted by molar-refractivity contribution is -0.345. The van der Waals surface area contributed by atoms with Crippen LogP contribution in [0.5, 0.6) is 0 Å². The molecule has 1 aromatic heterocycles. The Morgan fingerprint density at radius 2 is 1.75 bits per heavy atom. The van der Waals surface area contributed by atoms with Crippen molar-refractivity contribution in [3.05, 3.63) is 76.9 Å². The van der Waals surface area contributed by atoms with Gasteiger partial charge in [0.2, 0.25) is 0 Å². The van der Waals surface area contributed by atoms with E-state index in [0.29, 0.717) is 30.5 Å². The van der Waals surface area contributed by atoms with Gasteiger partial charge in [-0.2, -0.15) is 0 Å². The molecule has 0 radical (unpaired) electrons. The van der Waals surface area contributed by atoms with Crippen molar-refractivity contribution in [1.82, 2.24) is 15.2 Å². The number of esters is 3. The number of amides is 1. The fraction of sp³-hybridized carbons (Fsp3) is 0.630. The van der Waals surface area contributed by atoms with Crippen LogP contribution in [0.2, 0.25) is 0 Å². The summed E-state index contributed by atoms with van der Waals surface area (Å²) in [6.45, 7) is 13.9. The highest BCUT2D eigenvalue weighted by Gasteiger charge is 2.77. The molecule has 2 bridgehead atoms. The summed E-state index contributed by atoms with van der Waals surface area (Å²) in [5, 5.41) is 28.1. The smallest absolute Gasteiger partial charge is 0.408 e. The summed E-state index contributed by atoms with van der Waals surface area (Å²) in [6.07, 6.45) is -7.49. The van der Waals surface area contributed by atoms with Crippen molar-refractivity contribution in [3.63, 3.8) is 0 Å². The van der Waals surface area contributed by atoms with Gasteiger partial charge in [0.15, 0.2) is 18.0 Å². The molecule has 344 valence electrons. The number of carbonyl (C=O) groups is 4. The highest BCUT2D eigenvalue weighted by molar-refractivity contribution is 5.89. The summed E-state index contributed by atoms with van der Waals surface area (Å²) in [7, 11) is 3.76. The first-order valence-electron chi connectivity index (χ1n) is 21.4. The van der Waals surface area contributed by atoms with E-state index in [0.717, 1.165) is 12.3 Å². The Hall–Kier alpha value is -4.52. The molecular formula is C46H60FN3O13. The van der Waals surface area contributed by atoms with Crippen molar-refractivity contribution in [2.75, 3.05) is 27.2 Å². The summed E-state index contributed by atoms with van der Waals surface area (Å²) >= 11 is 0. The third kappa shape index (κ3) is 8.36. The second kappa shape index (κ2) is 16.8. The van der Waals surface area contributed by atoms with Crippen LogP contribution in [0.1, 0.15) is 96.7 Å². The predicted molar refractivity (Wildman–Crippen MR) is 221 cm³/mol. The van der Waals surface area contributed by atoms with Gasteiger partial charge in [-0.1, -0.05) is 39.0 Å². The number of aliphatic hydroxyl groups is 2. The van der Waals surface area contributed by atoms with Crippen molar-refractivity contribution < 1.29 is 66.9 Å². The van der Waals surface area contributed by atoms with Gasteiger partial charge in [0, 0.05) is 30.7 Å². The second-order valence-corrected chi connectivity index (χ2v) is 19.6. The molecule has 2 saturated heterocycles. The van der Waals surface area contributed by atoms with Crippen molar-refractivity contribution in [2.24, 2.45) is 16.7 Å². The molecule has 1 amide bonds. The second-order valence-electron chi connectivity index (χ2n) is 19.6. The molecule has 3 heterocycles. The van der Waals surface area contributed by atoms with Gasteiger partial charge in [-0.15, -0.1) is 0 Å². The van der Waals surface area contributed by atoms with Crippen LogP contribution in [0.4, 0.5) is 9.18 Å². The molecule has 16 nitrogen and oxygen atoms in total. The van der Waals surface area contributed by atoms with Gasteiger partial charge in [0.05, 0.1) is 36.1 Å². The minimum atomic E-state index is -2.13. The maximum absolute atomic E-state index is 14.4. The Bertz CT molecular complexity index is 2110. The molecule has 1 aromatic carbocycles. The number of benzene rings is 1. The van der Waals surface area contributed by atoms with E-state index in [4.69, 9.17) is 33.2 Å². The monoisotopic (exact) mass is 881 g/mol. The molecule has 12 atom stereocenters. The number of carbonyl (C=O) groups excluding carboxylic acids is 4. The van der Waals surface area contributed by atoms with Crippen LogP contribution in [-0.2, 0) is 42.7 Å². The van der Waals surface area contributed by atoms with Crippen LogP contribution in [0.15, 0.2) is 59.8 Å². The molecule has 2 saturated carbocycles. The van der Waals surface area contributed by atoms with Gasteiger partial charge in [0.25, 0.3) is 0 Å². The van der Waals surface area contributed by atoms with Gasteiger partial charge in [-0.25, -0.2) is 18.8 Å². The van der Waals surface area contributed by atoms with Crippen LogP contribution >= 0.6 is 0 Å². The normalized spacial score (nSPS) is 34.1. The first-order valence-corrected chi connectivity index (χ1v) is 21.4. The first-order chi connectivity index (χ1) is 29.4. The van der Waals surface area contributed by atoms with Crippen LogP contribution in [0.3, 0.4) is 0 Å². The number of nitrogens with one attached hydrogen (secondary N) is 1. The maximum Gasteiger partial charge on any atom is 0.408 e. The van der Waals surface area contributed by atoms with Crippen molar-refractivity contribution >= 4 is 24.0 Å². The third-order valence-corrected chi connectivity index (χ3v) is 13.6. The van der Waals surface area contributed by atoms with Crippen LogP contribution < -0.4 is 5.32 Å². The molecule has 2 aromatic rings. The highest BCUT2D eigenvalue weighted by atomic mass is 19.1. The molecule has 0 unspecified atom stereocenters. The number of aliphatic hydroxyl groups excluding tert-OH is 1. The average Bonchev–Trinajstić information content (AvgIpc) is 3.59. The molecule has 4 fully saturated rings. The van der Waals surface area contributed by atoms with Gasteiger partial charge in [0.1, 0.15) is 47.5 Å². The predicted octanol–water partition coefficient (Wildman–Crippen LogP) is 4.56. The summed E-state index contributed by atoms with van der Waals surface area (Å²) in [5.74, 6) is -4.23. The number of hydrogen-bond donors (Lipinski definition) is 3. The summed E-state index contributed by atoms with van der Waals surface area (Å²) in [5.41, 5.74) is -5.61. The SMILES string of the molecule is CC(=O)O[C@@]12CO[C@@H]1CC[C@@]1(C)[C@@H]3O[C@H](CN(C)C)O[C@@H]3C3=C(C)[C@@H](OC(=O)[C@H](O)[C@@H](NC(=O)OC(C)(C)C)c4ccc(F)cn4)C[C@@](O)([C@@H](OC(=O)c4ccccc4)[C@@H]12)C3(C)C. The van der Waals surface area contributed by atoms with Crippen LogP contribution in [0, 0.1) is 22.6 Å². The first kappa shape index (κ1) is 46.5. The maximum atomic E-state index is 14.4. The van der Waals surface area contributed by atoms with Gasteiger partial charge >= 0.3 is 24.0 Å². The minimum absolute atomic E-state index is 0.0530. The molecule has 3 N–H and O–H groups in total. The Balaban J connectivity index is 1.38. The van der Waals surface area contributed by atoms with E-state index in [2.05, 4.69) is 10.3 Å². The standard InChI is InChI=1S/C46H60FN3O13/c1-24-29(58-40(54)34(52)33(28-17-16-27(47)21-48-28)49-41(55)63-42(3,4)5)20-46(56)38(61-39(53)26-14-12-11-13-15-26)36-44(8,19-18-30-45(36,23-57-30)62-25(2)51)37-35(32(24)43(46,6)7)59-31(60-37)22-50(9)10/h11-17,21,29-31,33-38,52,56H,18-20,22-23H2,1-10H3,(H,49,55)/t29-,30+,31+,33-,34+,35+,36-,37+,38-,44+,45-,46+/m0/s1. The van der Waals surface area contributed by atoms with E-state index >= 15 is 0 Å². The third-order valence-electron chi connectivity index (χ3n) is 13.6. The number of nitrogens with zero attached hydrogens (tertiary/aromatic N) is 2. The Morgan fingerprint density at radius 1 is 1.05 bits per heavy atom. The van der Waals surface area contributed by atoms with E-state index < -0.39 is 112 Å². The molecule has 5 aliphatic rings. The average molecular weight is 882 g/mol. The molecule has 63 heavy (non-hydrogen) atoms. The van der Waals surface area contributed by atoms with Gasteiger partial charge < -0.3 is 53.6 Å². The number of aromatic nitrogens is 1. The number of fused-ring (bicyclic) bond motifs is 8. The molecule has 7 rings (SSSR count). The Morgan fingerprint density at radius 3 is 2.33 bits per heavy atom. The van der Waals surface area contributed by atoms with E-state index in [-0.39, 0.29) is 24.3 Å². The molecular weight excluding hydrogens is 822 g/mol. The molecule has 0 spiro atoms. The van der Waals surface area contributed by atoms with E-state index in [1.807, 2.05) is 39.8 Å². The number of rotatable bonds is 10. The number of alkyl carbamates (subject to hydrolysis) is 1. The van der Waals surface area contributed by atoms with E-state index in [1.165, 1.54) is 13.0 Å². The van der Waals surface area contributed by atoms with Crippen LogP contribution in [0.25, 0.3) is 0 Å². The number of pyridine rings is 1. The van der Waals surface area contributed by atoms with Crippen molar-refractivity contribution in [3.8, 4) is 0 Å². The summed E-state index contributed by atoms with van der Waals surface area (Å²) in [4.78, 5) is 60.9. The van der Waals surface area contributed by atoms with Crippen LogP contribution in [-0.4, -0.2) is 131 Å². The largest absolute Gasteiger partial charge is 0.456 e. The number of likely N-dealkylation sites (N-methyl/N-ethyl adjacent to an activating group) is 1. The lowest BCUT2D eigenvalue weighted by Crippen LogP contribution is -2.79. The number of halogens is 1. The highest BCUT2D eigenvalue weighted by Crippen LogP contribution is 2.66. The zero-order valence-corrected chi connectivity index (χ0v) is 37.5. The van der Waals surface area contributed by atoms with Crippen molar-refractivity contribution in [2.45, 2.75) is 140 Å². The number of hydrogen-bond acceptors (Lipinski definition) is 15. The van der Waals surface area contributed by atoms with Gasteiger partial charge in [-0.3, -0.25) is 9.78 Å². The summed E-state index contributed by atoms with van der Waals surface area (Å²) < 4.78 is 58.5. The minimum Gasteiger partial charge on any atom is -0.456 e. The van der Waals surface area contributed by atoms with E-state index in [9.17, 15) is 33.8 Å². The lowest BCUT2D eigenvalue weighted by atomic mass is 9.45. The lowest BCUT2D eigenvalue weighted by Gasteiger charge is -2.68. The topological polar surface area (TPSA) is 202 Å². The molecule has 2 aliphatic heterocycles. The van der Waals surface area contributed by atoms with Crippen molar-refractivity contribution in [1.29, 1.82) is 0 Å². The molecule has 3 aliphatic carbocycles. The zero-order chi connectivity index (χ0) is 46.0. The fourth-order valence-electron chi connectivity index (χ4n) is 10.7. The molecule has 17 heteroatoms. The quantitative estimate of drug-likeness (QED) is 0.170. The van der Waals surface area contributed by atoms with Gasteiger partial charge in [-0.05, 0) is 90.0 Å². The Kier molecular flexibility index (Phi) is 12.4. The fourth-order valence-corrected chi connectivity index (χ4v) is 10.7. The summed E-state index contributed by atoms with van der Waals surface area (Å²) in [6, 6.07) is 9.00. The van der Waals surface area contributed by atoms with E-state index in [1.54, 1.807) is 58.0 Å². The zero-order valence-electron chi connectivity index (χ0n) is 37.5. The number of ether oxygens (including phenoxy) is 7. The Labute approximate surface area is 366 Å².